The van der Waals surface area contributed by atoms with Gasteiger partial charge in [0.2, 0.25) is 0 Å². The summed E-state index contributed by atoms with van der Waals surface area (Å²) in [5.74, 6) is 3.40. The van der Waals surface area contributed by atoms with Gasteiger partial charge < -0.3 is 4.79 Å². The minimum Gasteiger partial charge on any atom is -0.303 e. The van der Waals surface area contributed by atoms with Crippen molar-refractivity contribution in [2.24, 2.45) is 34.5 Å². The molecule has 3 fully saturated rings. The van der Waals surface area contributed by atoms with E-state index in [0.29, 0.717) is 5.41 Å². The molecule has 3 aliphatic rings. The molecular formula is C21H34O. The van der Waals surface area contributed by atoms with E-state index in [1.165, 1.54) is 57.7 Å². The van der Waals surface area contributed by atoms with Crippen molar-refractivity contribution in [2.45, 2.75) is 78.6 Å². The molecule has 124 valence electrons. The van der Waals surface area contributed by atoms with Gasteiger partial charge in [-0.1, -0.05) is 39.3 Å². The lowest BCUT2D eigenvalue weighted by atomic mass is 9.47. The maximum absolute atomic E-state index is 11.2. The zero-order chi connectivity index (χ0) is 16.0. The van der Waals surface area contributed by atoms with Gasteiger partial charge in [0.1, 0.15) is 6.29 Å². The van der Waals surface area contributed by atoms with Crippen LogP contribution in [0.4, 0.5) is 0 Å². The number of allylic oxidation sites excluding steroid dienone is 1. The van der Waals surface area contributed by atoms with E-state index in [1.807, 2.05) is 0 Å². The Bertz CT molecular complexity index is 453. The van der Waals surface area contributed by atoms with Gasteiger partial charge in [0.05, 0.1) is 0 Å². The van der Waals surface area contributed by atoms with E-state index in [0.717, 1.165) is 30.1 Å². The molecule has 0 N–H and O–H groups in total. The lowest BCUT2D eigenvalue weighted by Gasteiger charge is -2.57. The highest BCUT2D eigenvalue weighted by Gasteiger charge is 2.57. The monoisotopic (exact) mass is 302 g/mol. The predicted octanol–water partition coefficient (Wildman–Crippen LogP) is 5.79. The Hall–Kier alpha value is -0.590. The zero-order valence-corrected chi connectivity index (χ0v) is 14.9. The number of carbonyl (C=O) groups is 1. The maximum Gasteiger partial charge on any atom is 0.120 e. The van der Waals surface area contributed by atoms with Crippen molar-refractivity contribution in [3.05, 3.63) is 12.2 Å². The smallest absolute Gasteiger partial charge is 0.120 e. The van der Waals surface area contributed by atoms with Crippen molar-refractivity contribution in [3.63, 3.8) is 0 Å². The third kappa shape index (κ3) is 2.14. The van der Waals surface area contributed by atoms with Gasteiger partial charge in [-0.2, -0.15) is 0 Å². The fourth-order valence-corrected chi connectivity index (χ4v) is 7.08. The largest absolute Gasteiger partial charge is 0.303 e. The lowest BCUT2D eigenvalue weighted by molar-refractivity contribution is -0.115. The quantitative estimate of drug-likeness (QED) is 0.474. The molecule has 6 atom stereocenters. The molecule has 0 heterocycles. The summed E-state index contributed by atoms with van der Waals surface area (Å²) >= 11 is 0. The van der Waals surface area contributed by atoms with Crippen LogP contribution in [-0.2, 0) is 4.79 Å². The van der Waals surface area contributed by atoms with Crippen molar-refractivity contribution < 1.29 is 4.79 Å². The van der Waals surface area contributed by atoms with Crippen LogP contribution in [0.25, 0.3) is 0 Å². The number of aldehydes is 1. The average Bonchev–Trinajstić information content (AvgIpc) is 2.85. The fraction of sp³-hybridized carbons (Fsp3) is 0.857. The van der Waals surface area contributed by atoms with Gasteiger partial charge in [0.25, 0.3) is 0 Å². The van der Waals surface area contributed by atoms with E-state index in [9.17, 15) is 4.79 Å². The molecule has 0 aliphatic heterocycles. The molecule has 3 rings (SSSR count). The minimum absolute atomic E-state index is 0.263. The number of fused-ring (bicyclic) bond motifs is 3. The molecule has 22 heavy (non-hydrogen) atoms. The highest BCUT2D eigenvalue weighted by atomic mass is 16.1. The normalized spacial score (nSPS) is 47.9. The van der Waals surface area contributed by atoms with Crippen LogP contribution in [0.2, 0.25) is 0 Å². The molecule has 0 aromatic rings. The third-order valence-electron chi connectivity index (χ3n) is 8.24. The van der Waals surface area contributed by atoms with E-state index in [2.05, 4.69) is 27.4 Å². The van der Waals surface area contributed by atoms with Crippen LogP contribution in [0, 0.1) is 34.5 Å². The van der Waals surface area contributed by atoms with Crippen molar-refractivity contribution in [2.75, 3.05) is 0 Å². The molecule has 3 saturated carbocycles. The lowest BCUT2D eigenvalue weighted by Crippen LogP contribution is -2.50. The standard InChI is InChI=1S/C21H34O/c1-5-18-16-10-12-21(6-2)15(3)7-8-19(21)17(16)9-11-20(18,4)13-14-22/h14,16-19H,3,5-13H2,1-2,4H3. The predicted molar refractivity (Wildman–Crippen MR) is 92.6 cm³/mol. The van der Waals surface area contributed by atoms with Gasteiger partial charge in [-0.15, -0.1) is 0 Å². The van der Waals surface area contributed by atoms with Crippen LogP contribution in [-0.4, -0.2) is 6.29 Å². The summed E-state index contributed by atoms with van der Waals surface area (Å²) in [6.45, 7) is 11.6. The summed E-state index contributed by atoms with van der Waals surface area (Å²) in [6, 6.07) is 0. The highest BCUT2D eigenvalue weighted by molar-refractivity contribution is 5.51. The van der Waals surface area contributed by atoms with Crippen molar-refractivity contribution >= 4 is 6.29 Å². The third-order valence-corrected chi connectivity index (χ3v) is 8.24. The van der Waals surface area contributed by atoms with Crippen LogP contribution in [0.1, 0.15) is 78.6 Å². The molecule has 0 spiro atoms. The first-order valence-corrected chi connectivity index (χ1v) is 9.64. The van der Waals surface area contributed by atoms with Crippen LogP contribution < -0.4 is 0 Å². The average molecular weight is 303 g/mol. The van der Waals surface area contributed by atoms with Crippen molar-refractivity contribution in [1.29, 1.82) is 0 Å². The molecule has 1 nitrogen and oxygen atoms in total. The fourth-order valence-electron chi connectivity index (χ4n) is 7.08. The maximum atomic E-state index is 11.2. The van der Waals surface area contributed by atoms with Crippen molar-refractivity contribution in [1.82, 2.24) is 0 Å². The molecule has 0 amide bonds. The van der Waals surface area contributed by atoms with Gasteiger partial charge in [-0.05, 0) is 79.4 Å². The van der Waals surface area contributed by atoms with Gasteiger partial charge in [-0.25, -0.2) is 0 Å². The van der Waals surface area contributed by atoms with Crippen LogP contribution in [0.5, 0.6) is 0 Å². The first-order valence-electron chi connectivity index (χ1n) is 9.64. The number of hydrogen-bond acceptors (Lipinski definition) is 1. The van der Waals surface area contributed by atoms with Crippen LogP contribution >= 0.6 is 0 Å². The Labute approximate surface area is 136 Å². The second-order valence-electron chi connectivity index (χ2n) is 8.70. The number of rotatable bonds is 4. The summed E-state index contributed by atoms with van der Waals surface area (Å²) in [7, 11) is 0. The van der Waals surface area contributed by atoms with E-state index in [1.54, 1.807) is 5.57 Å². The highest BCUT2D eigenvalue weighted by Crippen LogP contribution is 2.66. The molecule has 0 aromatic carbocycles. The Morgan fingerprint density at radius 2 is 1.91 bits per heavy atom. The van der Waals surface area contributed by atoms with Crippen LogP contribution in [0.15, 0.2) is 12.2 Å². The molecular weight excluding hydrogens is 268 g/mol. The Balaban J connectivity index is 1.89. The molecule has 0 bridgehead atoms. The van der Waals surface area contributed by atoms with Crippen LogP contribution in [0.3, 0.4) is 0 Å². The summed E-state index contributed by atoms with van der Waals surface area (Å²) in [4.78, 5) is 11.2. The zero-order valence-electron chi connectivity index (χ0n) is 14.9. The van der Waals surface area contributed by atoms with Gasteiger partial charge in [-0.3, -0.25) is 0 Å². The molecule has 1 heteroatoms. The molecule has 3 aliphatic carbocycles. The summed E-state index contributed by atoms with van der Waals surface area (Å²) in [5.41, 5.74) is 2.30. The topological polar surface area (TPSA) is 17.1 Å². The van der Waals surface area contributed by atoms with E-state index in [-0.39, 0.29) is 5.41 Å². The number of hydrogen-bond donors (Lipinski definition) is 0. The number of carbonyl (C=O) groups excluding carboxylic acids is 1. The van der Waals surface area contributed by atoms with Gasteiger partial charge in [0.15, 0.2) is 0 Å². The van der Waals surface area contributed by atoms with E-state index < -0.39 is 0 Å². The second kappa shape index (κ2) is 5.80. The molecule has 0 radical (unpaired) electrons. The summed E-state index contributed by atoms with van der Waals surface area (Å²) < 4.78 is 0. The SMILES string of the molecule is C=C1CCC2C3CCC(C)(CC=O)C(CC)C3CCC12CC. The van der Waals surface area contributed by atoms with Crippen molar-refractivity contribution in [3.8, 4) is 0 Å². The first kappa shape index (κ1) is 16.3. The first-order chi connectivity index (χ1) is 10.5. The van der Waals surface area contributed by atoms with Gasteiger partial charge >= 0.3 is 0 Å². The minimum atomic E-state index is 0.263. The van der Waals surface area contributed by atoms with E-state index in [4.69, 9.17) is 0 Å². The Morgan fingerprint density at radius 1 is 1.18 bits per heavy atom. The molecule has 0 aromatic heterocycles. The second-order valence-corrected chi connectivity index (χ2v) is 8.70. The Kier molecular flexibility index (Phi) is 4.29. The summed E-state index contributed by atoms with van der Waals surface area (Å²) in [6.07, 6.45) is 12.5. The summed E-state index contributed by atoms with van der Waals surface area (Å²) in [5, 5.41) is 0. The van der Waals surface area contributed by atoms with Gasteiger partial charge in [0, 0.05) is 6.42 Å². The van der Waals surface area contributed by atoms with E-state index >= 15 is 0 Å². The Morgan fingerprint density at radius 3 is 2.55 bits per heavy atom. The molecule has 0 saturated heterocycles. The molecule has 6 unspecified atom stereocenters.